The van der Waals surface area contributed by atoms with E-state index in [2.05, 4.69) is 20.9 Å². The molecule has 2 nitrogen and oxygen atoms in total. The minimum absolute atomic E-state index is 0.238. The van der Waals surface area contributed by atoms with Crippen LogP contribution < -0.4 is 4.74 Å². The molecule has 0 aliphatic rings. The normalized spacial score (nSPS) is 10.0. The summed E-state index contributed by atoms with van der Waals surface area (Å²) in [5.41, 5.74) is 0. The summed E-state index contributed by atoms with van der Waals surface area (Å²) in [5.74, 6) is 0.476. The van der Waals surface area contributed by atoms with Crippen molar-refractivity contribution in [3.05, 3.63) is 52.9 Å². The molecule has 15 heavy (non-hydrogen) atoms. The predicted molar refractivity (Wildman–Crippen MR) is 58.4 cm³/mol. The Labute approximate surface area is 94.9 Å². The van der Waals surface area contributed by atoms with E-state index in [4.69, 9.17) is 4.74 Å². The molecule has 0 radical (unpaired) electrons. The SMILES string of the molecule is Fc1cc(Oc2ccccc2)ncc1Br. The first-order valence-corrected chi connectivity index (χ1v) is 5.09. The van der Waals surface area contributed by atoms with Gasteiger partial charge in [-0.1, -0.05) is 18.2 Å². The largest absolute Gasteiger partial charge is 0.439 e. The van der Waals surface area contributed by atoms with Crippen LogP contribution in [0.4, 0.5) is 4.39 Å². The summed E-state index contributed by atoms with van der Waals surface area (Å²) in [6.07, 6.45) is 1.37. The molecule has 1 aromatic heterocycles. The van der Waals surface area contributed by atoms with Gasteiger partial charge in [0.25, 0.3) is 0 Å². The zero-order valence-corrected chi connectivity index (χ0v) is 9.24. The van der Waals surface area contributed by atoms with Crippen molar-refractivity contribution in [1.82, 2.24) is 4.98 Å². The van der Waals surface area contributed by atoms with E-state index in [-0.39, 0.29) is 5.88 Å². The Morgan fingerprint density at radius 2 is 1.93 bits per heavy atom. The molecule has 0 fully saturated rings. The van der Waals surface area contributed by atoms with Crippen LogP contribution in [0, 0.1) is 5.82 Å². The van der Waals surface area contributed by atoms with E-state index in [0.717, 1.165) is 0 Å². The van der Waals surface area contributed by atoms with Gasteiger partial charge in [-0.2, -0.15) is 0 Å². The smallest absolute Gasteiger partial charge is 0.222 e. The maximum absolute atomic E-state index is 13.1. The molecule has 0 saturated carbocycles. The molecule has 2 rings (SSSR count). The van der Waals surface area contributed by atoms with Crippen LogP contribution in [0.5, 0.6) is 11.6 Å². The maximum Gasteiger partial charge on any atom is 0.222 e. The summed E-state index contributed by atoms with van der Waals surface area (Å²) >= 11 is 3.02. The minimum atomic E-state index is -0.393. The first kappa shape index (κ1) is 10.1. The maximum atomic E-state index is 13.1. The van der Waals surface area contributed by atoms with Crippen molar-refractivity contribution >= 4 is 15.9 Å². The van der Waals surface area contributed by atoms with Gasteiger partial charge in [0.05, 0.1) is 4.47 Å². The van der Waals surface area contributed by atoms with Crippen LogP contribution in [0.25, 0.3) is 0 Å². The van der Waals surface area contributed by atoms with Gasteiger partial charge in [0.15, 0.2) is 0 Å². The van der Waals surface area contributed by atoms with Crippen LogP contribution in [0.15, 0.2) is 47.1 Å². The zero-order chi connectivity index (χ0) is 10.7. The topological polar surface area (TPSA) is 22.1 Å². The molecular formula is C11H7BrFNO. The van der Waals surface area contributed by atoms with E-state index in [1.807, 2.05) is 18.2 Å². The van der Waals surface area contributed by atoms with E-state index in [9.17, 15) is 4.39 Å². The van der Waals surface area contributed by atoms with Gasteiger partial charge >= 0.3 is 0 Å². The lowest BCUT2D eigenvalue weighted by Gasteiger charge is -2.04. The highest BCUT2D eigenvalue weighted by molar-refractivity contribution is 9.10. The molecule has 4 heteroatoms. The highest BCUT2D eigenvalue weighted by Gasteiger charge is 2.03. The fourth-order valence-corrected chi connectivity index (χ4v) is 1.28. The highest BCUT2D eigenvalue weighted by Crippen LogP contribution is 2.22. The summed E-state index contributed by atoms with van der Waals surface area (Å²) in [6, 6.07) is 10.3. The summed E-state index contributed by atoms with van der Waals surface area (Å²) in [5, 5.41) is 0. The number of ether oxygens (including phenoxy) is 1. The second kappa shape index (κ2) is 4.40. The Kier molecular flexibility index (Phi) is 2.97. The third-order valence-corrected chi connectivity index (χ3v) is 2.33. The number of benzene rings is 1. The first-order chi connectivity index (χ1) is 7.25. The van der Waals surface area contributed by atoms with Crippen molar-refractivity contribution in [3.8, 4) is 11.6 Å². The highest BCUT2D eigenvalue weighted by atomic mass is 79.9. The van der Waals surface area contributed by atoms with Crippen LogP contribution in [0.1, 0.15) is 0 Å². The molecule has 0 unspecified atom stereocenters. The zero-order valence-electron chi connectivity index (χ0n) is 7.65. The minimum Gasteiger partial charge on any atom is -0.439 e. The predicted octanol–water partition coefficient (Wildman–Crippen LogP) is 3.78. The van der Waals surface area contributed by atoms with Gasteiger partial charge < -0.3 is 4.74 Å². The molecule has 0 amide bonds. The van der Waals surface area contributed by atoms with Crippen LogP contribution in [-0.4, -0.2) is 4.98 Å². The third-order valence-electron chi connectivity index (χ3n) is 1.75. The summed E-state index contributed by atoms with van der Waals surface area (Å²) in [4.78, 5) is 3.93. The lowest BCUT2D eigenvalue weighted by molar-refractivity contribution is 0.456. The Morgan fingerprint density at radius 3 is 2.60 bits per heavy atom. The molecule has 1 heterocycles. The van der Waals surface area contributed by atoms with Gasteiger partial charge in [-0.15, -0.1) is 0 Å². The number of para-hydroxylation sites is 1. The fraction of sp³-hybridized carbons (Fsp3) is 0. The van der Waals surface area contributed by atoms with Crippen molar-refractivity contribution in [2.24, 2.45) is 0 Å². The van der Waals surface area contributed by atoms with E-state index < -0.39 is 5.82 Å². The average molecular weight is 268 g/mol. The van der Waals surface area contributed by atoms with Crippen LogP contribution in [0.2, 0.25) is 0 Å². The lowest BCUT2D eigenvalue weighted by Crippen LogP contribution is -1.89. The molecule has 1 aromatic carbocycles. The van der Waals surface area contributed by atoms with Crippen LogP contribution in [-0.2, 0) is 0 Å². The Morgan fingerprint density at radius 1 is 1.20 bits per heavy atom. The number of pyridine rings is 1. The summed E-state index contributed by atoms with van der Waals surface area (Å²) in [7, 11) is 0. The number of hydrogen-bond donors (Lipinski definition) is 0. The molecule has 0 aliphatic heterocycles. The molecule has 2 aromatic rings. The second-order valence-electron chi connectivity index (χ2n) is 2.85. The van der Waals surface area contributed by atoms with Gasteiger partial charge in [0.1, 0.15) is 11.6 Å². The number of halogens is 2. The van der Waals surface area contributed by atoms with E-state index in [0.29, 0.717) is 10.2 Å². The number of hydrogen-bond acceptors (Lipinski definition) is 2. The Hall–Kier alpha value is -1.42. The van der Waals surface area contributed by atoms with Crippen LogP contribution in [0.3, 0.4) is 0 Å². The van der Waals surface area contributed by atoms with Gasteiger partial charge in [-0.05, 0) is 28.1 Å². The molecule has 0 spiro atoms. The number of aromatic nitrogens is 1. The van der Waals surface area contributed by atoms with Crippen molar-refractivity contribution in [3.63, 3.8) is 0 Å². The molecule has 0 saturated heterocycles. The first-order valence-electron chi connectivity index (χ1n) is 4.29. The quantitative estimate of drug-likeness (QED) is 0.826. The molecule has 76 valence electrons. The van der Waals surface area contributed by atoms with Crippen molar-refractivity contribution in [2.45, 2.75) is 0 Å². The summed E-state index contributed by atoms with van der Waals surface area (Å²) < 4.78 is 18.8. The van der Waals surface area contributed by atoms with Crippen molar-refractivity contribution < 1.29 is 9.13 Å². The Bertz CT molecular complexity index is 461. The number of nitrogens with zero attached hydrogens (tertiary/aromatic N) is 1. The number of rotatable bonds is 2. The Balaban J connectivity index is 2.22. The van der Waals surface area contributed by atoms with Crippen LogP contribution >= 0.6 is 15.9 Å². The molecule has 0 bridgehead atoms. The van der Waals surface area contributed by atoms with Gasteiger partial charge in [-0.25, -0.2) is 9.37 Å². The van der Waals surface area contributed by atoms with Crippen molar-refractivity contribution in [1.29, 1.82) is 0 Å². The molecule has 0 atom stereocenters. The molecule has 0 aliphatic carbocycles. The third kappa shape index (κ3) is 2.53. The van der Waals surface area contributed by atoms with Gasteiger partial charge in [0.2, 0.25) is 5.88 Å². The molecular weight excluding hydrogens is 261 g/mol. The van der Waals surface area contributed by atoms with E-state index in [1.165, 1.54) is 12.3 Å². The molecule has 0 N–H and O–H groups in total. The van der Waals surface area contributed by atoms with Crippen molar-refractivity contribution in [2.75, 3.05) is 0 Å². The van der Waals surface area contributed by atoms with Gasteiger partial charge in [0, 0.05) is 12.3 Å². The monoisotopic (exact) mass is 267 g/mol. The lowest BCUT2D eigenvalue weighted by atomic mass is 10.3. The second-order valence-corrected chi connectivity index (χ2v) is 3.71. The average Bonchev–Trinajstić information content (AvgIpc) is 2.25. The summed E-state index contributed by atoms with van der Waals surface area (Å²) in [6.45, 7) is 0. The van der Waals surface area contributed by atoms with E-state index in [1.54, 1.807) is 12.1 Å². The standard InChI is InChI=1S/C11H7BrFNO/c12-9-7-14-11(6-10(9)13)15-8-4-2-1-3-5-8/h1-7H. The van der Waals surface area contributed by atoms with Gasteiger partial charge in [-0.3, -0.25) is 0 Å². The van der Waals surface area contributed by atoms with E-state index >= 15 is 0 Å². The fourth-order valence-electron chi connectivity index (χ4n) is 1.06.